The maximum Gasteiger partial charge on any atom is 0.356 e. The molecular formula is C15H20N2O6. The van der Waals surface area contributed by atoms with Gasteiger partial charge in [0.15, 0.2) is 0 Å². The van der Waals surface area contributed by atoms with E-state index < -0.39 is 11.9 Å². The van der Waals surface area contributed by atoms with E-state index in [4.69, 9.17) is 4.74 Å². The molecule has 1 fully saturated rings. The van der Waals surface area contributed by atoms with Crippen LogP contribution in [0.25, 0.3) is 0 Å². The highest BCUT2D eigenvalue weighted by atomic mass is 16.5. The third-order valence-electron chi connectivity index (χ3n) is 3.79. The summed E-state index contributed by atoms with van der Waals surface area (Å²) in [5.41, 5.74) is 0.150. The number of ether oxygens (including phenoxy) is 3. The summed E-state index contributed by atoms with van der Waals surface area (Å²) in [7, 11) is 2.43. The number of anilines is 1. The molecule has 8 nitrogen and oxygen atoms in total. The van der Waals surface area contributed by atoms with Crippen molar-refractivity contribution in [2.24, 2.45) is 5.92 Å². The minimum absolute atomic E-state index is 0.00179. The van der Waals surface area contributed by atoms with Gasteiger partial charge in [-0.25, -0.2) is 9.59 Å². The van der Waals surface area contributed by atoms with E-state index in [1.807, 2.05) is 6.92 Å². The largest absolute Gasteiger partial charge is 0.465 e. The number of esters is 2. The smallest absolute Gasteiger partial charge is 0.356 e. The van der Waals surface area contributed by atoms with Gasteiger partial charge in [-0.1, -0.05) is 0 Å². The molecule has 1 heterocycles. The molecule has 1 aromatic rings. The van der Waals surface area contributed by atoms with Crippen LogP contribution in [0.3, 0.4) is 0 Å². The Hall–Kier alpha value is -2.35. The molecule has 2 rings (SSSR count). The van der Waals surface area contributed by atoms with Crippen LogP contribution in [-0.4, -0.2) is 49.8 Å². The van der Waals surface area contributed by atoms with Crippen molar-refractivity contribution in [3.63, 3.8) is 0 Å². The molecule has 0 aliphatic heterocycles. The molecule has 0 saturated heterocycles. The fourth-order valence-electron chi connectivity index (χ4n) is 2.46. The number of aromatic nitrogens is 1. The fourth-order valence-corrected chi connectivity index (χ4v) is 2.46. The highest BCUT2D eigenvalue weighted by Crippen LogP contribution is 2.32. The third kappa shape index (κ3) is 3.53. The average Bonchev–Trinajstić information content (AvgIpc) is 2.92. The number of amides is 1. The van der Waals surface area contributed by atoms with Gasteiger partial charge in [0.1, 0.15) is 11.3 Å². The average molecular weight is 324 g/mol. The van der Waals surface area contributed by atoms with Gasteiger partial charge < -0.3 is 24.5 Å². The summed E-state index contributed by atoms with van der Waals surface area (Å²) < 4.78 is 14.7. The summed E-state index contributed by atoms with van der Waals surface area (Å²) in [4.78, 5) is 38.4. The van der Waals surface area contributed by atoms with Crippen LogP contribution in [0.4, 0.5) is 5.69 Å². The number of carbonyl (C=O) groups excluding carboxylic acids is 3. The molecule has 0 unspecified atom stereocenters. The van der Waals surface area contributed by atoms with Crippen LogP contribution in [0.2, 0.25) is 0 Å². The zero-order valence-corrected chi connectivity index (χ0v) is 13.3. The molecule has 0 atom stereocenters. The minimum Gasteiger partial charge on any atom is -0.465 e. The van der Waals surface area contributed by atoms with Crippen molar-refractivity contribution in [1.82, 2.24) is 4.98 Å². The van der Waals surface area contributed by atoms with Crippen LogP contribution < -0.4 is 5.32 Å². The first-order valence-corrected chi connectivity index (χ1v) is 7.32. The first-order chi connectivity index (χ1) is 11.0. The van der Waals surface area contributed by atoms with E-state index in [1.54, 1.807) is 0 Å². The standard InChI is InChI=1S/C15H20N2O6/c1-4-23-9-5-8(6-9)13(18)17-11-10(14(19)21-2)7-16-12(11)15(20)22-3/h7-9,16H,4-6H2,1-3H3,(H,17,18). The lowest BCUT2D eigenvalue weighted by Gasteiger charge is -2.33. The highest BCUT2D eigenvalue weighted by molar-refractivity contribution is 6.08. The van der Waals surface area contributed by atoms with Crippen molar-refractivity contribution in [2.45, 2.75) is 25.9 Å². The highest BCUT2D eigenvalue weighted by Gasteiger charge is 2.36. The van der Waals surface area contributed by atoms with E-state index >= 15 is 0 Å². The van der Waals surface area contributed by atoms with Crippen molar-refractivity contribution in [3.05, 3.63) is 17.5 Å². The molecular weight excluding hydrogens is 304 g/mol. The Morgan fingerprint density at radius 1 is 1.22 bits per heavy atom. The Kier molecular flexibility index (Phi) is 5.38. The van der Waals surface area contributed by atoms with Crippen molar-refractivity contribution < 1.29 is 28.6 Å². The predicted molar refractivity (Wildman–Crippen MR) is 80.2 cm³/mol. The Morgan fingerprint density at radius 2 is 1.87 bits per heavy atom. The minimum atomic E-state index is -0.684. The Labute approximate surface area is 133 Å². The SMILES string of the molecule is CCOC1CC(C(=O)Nc2c(C(=O)OC)c[nH]c2C(=O)OC)C1. The fraction of sp³-hybridized carbons (Fsp3) is 0.533. The number of nitrogens with one attached hydrogen (secondary N) is 2. The van der Waals surface area contributed by atoms with Gasteiger partial charge in [-0.3, -0.25) is 4.79 Å². The second-order valence-electron chi connectivity index (χ2n) is 5.17. The second kappa shape index (κ2) is 7.28. The molecule has 1 amide bonds. The molecule has 8 heteroatoms. The maximum atomic E-state index is 12.3. The van der Waals surface area contributed by atoms with E-state index in [2.05, 4.69) is 19.8 Å². The lowest BCUT2D eigenvalue weighted by Crippen LogP contribution is -2.39. The first kappa shape index (κ1) is 17.0. The molecule has 23 heavy (non-hydrogen) atoms. The number of carbonyl (C=O) groups is 3. The van der Waals surface area contributed by atoms with E-state index in [0.29, 0.717) is 19.4 Å². The molecule has 0 spiro atoms. The summed E-state index contributed by atoms with van der Waals surface area (Å²) in [6.45, 7) is 2.51. The molecule has 1 aliphatic carbocycles. The third-order valence-corrected chi connectivity index (χ3v) is 3.79. The van der Waals surface area contributed by atoms with Crippen LogP contribution in [0.15, 0.2) is 6.20 Å². The topological polar surface area (TPSA) is 107 Å². The quantitative estimate of drug-likeness (QED) is 0.765. The Morgan fingerprint density at radius 3 is 2.43 bits per heavy atom. The second-order valence-corrected chi connectivity index (χ2v) is 5.17. The normalized spacial score (nSPS) is 19.6. The van der Waals surface area contributed by atoms with E-state index in [0.717, 1.165) is 0 Å². The summed E-state index contributed by atoms with van der Waals surface area (Å²) >= 11 is 0. The molecule has 0 bridgehead atoms. The van der Waals surface area contributed by atoms with Crippen molar-refractivity contribution in [2.75, 3.05) is 26.1 Å². The van der Waals surface area contributed by atoms with Gasteiger partial charge in [-0.2, -0.15) is 0 Å². The molecule has 0 aromatic carbocycles. The molecule has 1 aromatic heterocycles. The van der Waals surface area contributed by atoms with E-state index in [1.165, 1.54) is 20.4 Å². The van der Waals surface area contributed by atoms with Crippen LogP contribution in [0, 0.1) is 5.92 Å². The molecule has 126 valence electrons. The van der Waals surface area contributed by atoms with E-state index in [9.17, 15) is 14.4 Å². The predicted octanol–water partition coefficient (Wildman–Crippen LogP) is 1.34. The number of rotatable bonds is 6. The van der Waals surface area contributed by atoms with Crippen LogP contribution >= 0.6 is 0 Å². The van der Waals surface area contributed by atoms with Crippen LogP contribution in [0.5, 0.6) is 0 Å². The van der Waals surface area contributed by atoms with E-state index in [-0.39, 0.29) is 34.9 Å². The Balaban J connectivity index is 2.14. The number of methoxy groups -OCH3 is 2. The van der Waals surface area contributed by atoms with Gasteiger partial charge in [0.2, 0.25) is 5.91 Å². The molecule has 1 saturated carbocycles. The van der Waals surface area contributed by atoms with Crippen LogP contribution in [-0.2, 0) is 19.0 Å². The lowest BCUT2D eigenvalue weighted by molar-refractivity contribution is -0.128. The summed E-state index contributed by atoms with van der Waals surface area (Å²) in [5.74, 6) is -1.82. The summed E-state index contributed by atoms with van der Waals surface area (Å²) in [6.07, 6.45) is 2.62. The lowest BCUT2D eigenvalue weighted by atomic mass is 9.81. The summed E-state index contributed by atoms with van der Waals surface area (Å²) in [5, 5.41) is 2.63. The number of aromatic amines is 1. The molecule has 2 N–H and O–H groups in total. The van der Waals surface area contributed by atoms with Gasteiger partial charge in [0, 0.05) is 18.7 Å². The van der Waals surface area contributed by atoms with Crippen molar-refractivity contribution in [3.8, 4) is 0 Å². The van der Waals surface area contributed by atoms with Gasteiger partial charge in [0.25, 0.3) is 0 Å². The monoisotopic (exact) mass is 324 g/mol. The van der Waals surface area contributed by atoms with Gasteiger partial charge >= 0.3 is 11.9 Å². The number of H-pyrrole nitrogens is 1. The van der Waals surface area contributed by atoms with Crippen molar-refractivity contribution >= 4 is 23.5 Å². The van der Waals surface area contributed by atoms with Gasteiger partial charge in [0.05, 0.1) is 26.0 Å². The van der Waals surface area contributed by atoms with Gasteiger partial charge in [-0.05, 0) is 19.8 Å². The number of hydrogen-bond donors (Lipinski definition) is 2. The number of hydrogen-bond acceptors (Lipinski definition) is 6. The first-order valence-electron chi connectivity index (χ1n) is 7.32. The van der Waals surface area contributed by atoms with Gasteiger partial charge in [-0.15, -0.1) is 0 Å². The molecule has 0 radical (unpaired) electrons. The summed E-state index contributed by atoms with van der Waals surface area (Å²) in [6, 6.07) is 0. The maximum absolute atomic E-state index is 12.3. The molecule has 1 aliphatic rings. The zero-order chi connectivity index (χ0) is 17.0. The Bertz CT molecular complexity index is 570. The van der Waals surface area contributed by atoms with Crippen molar-refractivity contribution in [1.29, 1.82) is 0 Å². The zero-order valence-electron chi connectivity index (χ0n) is 13.3. The van der Waals surface area contributed by atoms with Crippen LogP contribution in [0.1, 0.15) is 40.6 Å².